The van der Waals surface area contributed by atoms with Gasteiger partial charge in [-0.15, -0.1) is 0 Å². The molecule has 0 spiro atoms. The zero-order valence-electron chi connectivity index (χ0n) is 54.5. The van der Waals surface area contributed by atoms with Crippen LogP contribution in [0.15, 0.2) is 60.7 Å². The van der Waals surface area contributed by atoms with Gasteiger partial charge in [0.15, 0.2) is 18.4 Å². The number of fused-ring (bicyclic) bond motifs is 1. The van der Waals surface area contributed by atoms with Crippen molar-refractivity contribution in [2.45, 2.75) is 249 Å². The summed E-state index contributed by atoms with van der Waals surface area (Å²) in [6, 6.07) is 15.4. The van der Waals surface area contributed by atoms with Crippen molar-refractivity contribution >= 4 is 30.3 Å². The lowest BCUT2D eigenvalue weighted by Gasteiger charge is -2.52. The summed E-state index contributed by atoms with van der Waals surface area (Å²) in [6.07, 6.45) is -17.3. The fourth-order valence-corrected chi connectivity index (χ4v) is 10.6. The predicted molar refractivity (Wildman–Crippen MR) is 327 cm³/mol. The van der Waals surface area contributed by atoms with E-state index in [1.54, 1.807) is 96.9 Å². The molecule has 0 bridgehead atoms. The smallest absolute Gasteiger partial charge is 0.408 e. The number of carbonyl (C=O) groups is 5. The van der Waals surface area contributed by atoms with E-state index in [1.165, 1.54) is 0 Å². The van der Waals surface area contributed by atoms with Crippen LogP contribution in [0.2, 0.25) is 0 Å². The Kier molecular flexibility index (Phi) is 26.2. The number of hydrogen-bond acceptors (Lipinski definition) is 21. The molecule has 5 amide bonds. The number of aliphatic hydroxyl groups excluding tert-OH is 3. The first-order chi connectivity index (χ1) is 41.6. The second kappa shape index (κ2) is 32.2. The molecule has 6 unspecified atom stereocenters. The highest BCUT2D eigenvalue weighted by atomic mass is 16.8. The fraction of sp³-hybridized carbons (Fsp3) is 0.730. The second-order valence-corrected chi connectivity index (χ2v) is 27.6. The molecule has 0 aromatic heterocycles. The van der Waals surface area contributed by atoms with Gasteiger partial charge in [0.2, 0.25) is 5.91 Å². The largest absolute Gasteiger partial charge is 0.444 e. The summed E-state index contributed by atoms with van der Waals surface area (Å²) in [4.78, 5) is 70.2. The molecule has 26 heteroatoms. The number of ether oxygens (including phenoxy) is 10. The number of hydrogen-bond donors (Lipinski definition) is 10. The molecule has 6 rings (SSSR count). The lowest BCUT2D eigenvalue weighted by molar-refractivity contribution is -0.376. The Morgan fingerprint density at radius 2 is 1.09 bits per heavy atom. The molecule has 2 aromatic rings. The van der Waals surface area contributed by atoms with Crippen LogP contribution in [0.3, 0.4) is 0 Å². The van der Waals surface area contributed by atoms with Gasteiger partial charge in [-0.2, -0.15) is 0 Å². The highest BCUT2D eigenvalue weighted by Crippen LogP contribution is 2.37. The molecule has 1 saturated carbocycles. The predicted octanol–water partition coefficient (Wildman–Crippen LogP) is 4.59. The third-order valence-corrected chi connectivity index (χ3v) is 14.5. The maximum absolute atomic E-state index is 14.2. The van der Waals surface area contributed by atoms with Gasteiger partial charge >= 0.3 is 24.4 Å². The van der Waals surface area contributed by atoms with Crippen molar-refractivity contribution in [1.82, 2.24) is 42.1 Å². The maximum atomic E-state index is 14.2. The van der Waals surface area contributed by atoms with Crippen LogP contribution in [0.4, 0.5) is 19.2 Å². The van der Waals surface area contributed by atoms with Crippen LogP contribution in [-0.4, -0.2) is 210 Å². The molecule has 0 radical (unpaired) electrons. The van der Waals surface area contributed by atoms with E-state index in [0.717, 1.165) is 11.1 Å². The zero-order chi connectivity index (χ0) is 65.5. The molecule has 3 saturated heterocycles. The van der Waals surface area contributed by atoms with E-state index >= 15 is 0 Å². The monoisotopic (exact) mass is 1260 g/mol. The molecular weight excluding hydrogens is 1160 g/mol. The molecule has 89 heavy (non-hydrogen) atoms. The average Bonchev–Trinajstić information content (AvgIpc) is 3.07. The first kappa shape index (κ1) is 72.6. The van der Waals surface area contributed by atoms with Crippen LogP contribution < -0.4 is 37.2 Å². The number of carbonyl (C=O) groups excluding carboxylic acids is 5. The second-order valence-electron chi connectivity index (χ2n) is 27.6. The highest BCUT2D eigenvalue weighted by Gasteiger charge is 2.56. The van der Waals surface area contributed by atoms with E-state index in [1.807, 2.05) is 36.4 Å². The molecule has 3 heterocycles. The summed E-state index contributed by atoms with van der Waals surface area (Å²) in [7, 11) is 0. The van der Waals surface area contributed by atoms with E-state index in [2.05, 4.69) is 66.4 Å². The van der Waals surface area contributed by atoms with Crippen molar-refractivity contribution in [3.05, 3.63) is 71.8 Å². The molecule has 1 aliphatic carbocycles. The van der Waals surface area contributed by atoms with Gasteiger partial charge < -0.3 is 99.9 Å². The fourth-order valence-electron chi connectivity index (χ4n) is 10.6. The zero-order valence-corrected chi connectivity index (χ0v) is 54.5. The van der Waals surface area contributed by atoms with Crippen LogP contribution in [-0.2, 0) is 65.3 Å². The quantitative estimate of drug-likeness (QED) is 0.0508. The summed E-state index contributed by atoms with van der Waals surface area (Å²) < 4.78 is 61.5. The Labute approximate surface area is 524 Å². The number of nitrogens with one attached hydrogen (secondary N) is 7. The van der Waals surface area contributed by atoms with E-state index in [0.29, 0.717) is 58.7 Å². The number of nitrogens with zero attached hydrogens (tertiary/aromatic N) is 1. The third-order valence-electron chi connectivity index (χ3n) is 14.5. The lowest BCUT2D eigenvalue weighted by atomic mass is 9.83. The molecule has 10 N–H and O–H groups in total. The number of rotatable bonds is 24. The van der Waals surface area contributed by atoms with Gasteiger partial charge in [-0.3, -0.25) is 9.69 Å². The maximum Gasteiger partial charge on any atom is 0.408 e. The van der Waals surface area contributed by atoms with Gasteiger partial charge in [-0.25, -0.2) is 19.2 Å². The molecule has 14 atom stereocenters. The standard InChI is InChI=1S/C63H102N8O18/c1-59(2,3)86-55(76)66-28-27-44(72)52(75)67-42-33-43(69-57(78)88-61(7,8)9)50(48(74)49(42)84-54-47(73)46(70-58(79)89-62(10,11)12)51-45(82-54)37-80-63(13,14)85-51)83-53-41(68-56(77)87-60(4,5)6)26-25-40(81-53)36-71(31-29-64-34-38-21-17-15-18-22-38)32-30-65-35-39-23-19-16-20-24-39/h15-24,40-51,53-54,64-65,72-74H,25-37H2,1-14H3,(H,66,76)(H,67,75)(H,68,77)(H,69,78)(H,70,79)/t40?,41?,42-,43-,44+,45?,46-,47?,48?,49+,50?,51-,53-,54-/m1/s1. The average molecular weight is 1260 g/mol. The van der Waals surface area contributed by atoms with Gasteiger partial charge in [-0.1, -0.05) is 60.7 Å². The van der Waals surface area contributed by atoms with Crippen LogP contribution in [0, 0.1) is 0 Å². The SMILES string of the molecule is CC(C)(C)OC(=O)NCC[C@H](O)C(=O)N[C@@H]1C[C@@H](NC(=O)OC(C)(C)C)C(O[C@H]2OC(CN(CCNCc3ccccc3)CCNCc3ccccc3)CCC2NC(=O)OC(C)(C)C)C(O)[C@H]1O[C@H]1OC2COC(C)(C)O[C@H]2[C@H](NC(=O)OC(C)(C)C)C1O. The van der Waals surface area contributed by atoms with Crippen molar-refractivity contribution in [1.29, 1.82) is 0 Å². The van der Waals surface area contributed by atoms with Gasteiger partial charge in [-0.05, 0) is 134 Å². The summed E-state index contributed by atoms with van der Waals surface area (Å²) in [5, 5.41) is 57.7. The minimum Gasteiger partial charge on any atom is -0.444 e. The van der Waals surface area contributed by atoms with Crippen LogP contribution >= 0.6 is 0 Å². The van der Waals surface area contributed by atoms with Crippen LogP contribution in [0.5, 0.6) is 0 Å². The molecule has 26 nitrogen and oxygen atoms in total. The van der Waals surface area contributed by atoms with E-state index < -0.39 is 144 Å². The van der Waals surface area contributed by atoms with Crippen molar-refractivity contribution < 1.29 is 86.7 Å². The minimum atomic E-state index is -1.89. The van der Waals surface area contributed by atoms with Gasteiger partial charge in [0.05, 0.1) is 36.9 Å². The van der Waals surface area contributed by atoms with Gasteiger partial charge in [0, 0.05) is 52.4 Å². The van der Waals surface area contributed by atoms with Crippen molar-refractivity contribution in [2.75, 3.05) is 45.9 Å². The van der Waals surface area contributed by atoms with Gasteiger partial charge in [0.25, 0.3) is 0 Å². The van der Waals surface area contributed by atoms with E-state index in [-0.39, 0.29) is 26.0 Å². The Morgan fingerprint density at radius 1 is 0.607 bits per heavy atom. The van der Waals surface area contributed by atoms with Crippen LogP contribution in [0.1, 0.15) is 134 Å². The Morgan fingerprint density at radius 3 is 1.62 bits per heavy atom. The van der Waals surface area contributed by atoms with Crippen molar-refractivity contribution in [2.24, 2.45) is 0 Å². The van der Waals surface area contributed by atoms with Crippen LogP contribution in [0.25, 0.3) is 0 Å². The third kappa shape index (κ3) is 24.9. The van der Waals surface area contributed by atoms with E-state index in [4.69, 9.17) is 47.4 Å². The van der Waals surface area contributed by atoms with E-state index in [9.17, 15) is 39.3 Å². The topological polar surface area (TPSA) is 326 Å². The normalized spacial score (nSPS) is 27.6. The summed E-state index contributed by atoms with van der Waals surface area (Å²) in [5.74, 6) is -2.14. The van der Waals surface area contributed by atoms with Gasteiger partial charge in [0.1, 0.15) is 65.1 Å². The Hall–Kier alpha value is -5.49. The lowest BCUT2D eigenvalue weighted by Crippen LogP contribution is -2.72. The summed E-state index contributed by atoms with van der Waals surface area (Å²) >= 11 is 0. The minimum absolute atomic E-state index is 0.0979. The Balaban J connectivity index is 1.35. The highest BCUT2D eigenvalue weighted by molar-refractivity contribution is 5.81. The number of amides is 5. The number of alkyl carbamates (subject to hydrolysis) is 4. The molecule has 4 aliphatic rings. The molecule has 4 fully saturated rings. The Bertz CT molecular complexity index is 2500. The molecule has 502 valence electrons. The molecule has 3 aliphatic heterocycles. The number of benzene rings is 2. The first-order valence-corrected chi connectivity index (χ1v) is 31.0. The molecular formula is C63H102N8O18. The first-order valence-electron chi connectivity index (χ1n) is 31.0. The van der Waals surface area contributed by atoms with Crippen molar-refractivity contribution in [3.8, 4) is 0 Å². The molecule has 2 aromatic carbocycles. The summed E-state index contributed by atoms with van der Waals surface area (Å²) in [6.45, 7) is 27.6. The van der Waals surface area contributed by atoms with Crippen molar-refractivity contribution in [3.63, 3.8) is 0 Å². The summed E-state index contributed by atoms with van der Waals surface area (Å²) in [5.41, 5.74) is -1.38. The number of aliphatic hydroxyl groups is 3.